The average molecular weight is 1490 g/mol. The van der Waals surface area contributed by atoms with Crippen molar-refractivity contribution in [2.45, 2.75) is 147 Å². The largest absolute Gasteiger partial charge is 0.490 e. The van der Waals surface area contributed by atoms with Gasteiger partial charge in [-0.15, -0.1) is 0 Å². The van der Waals surface area contributed by atoms with Gasteiger partial charge in [-0.1, -0.05) is 119 Å². The number of halogens is 6. The number of benzene rings is 6. The topological polar surface area (TPSA) is 194 Å². The number of rotatable bonds is 23. The maximum atomic E-state index is 13.3. The fourth-order valence-electron chi connectivity index (χ4n) is 15.5. The van der Waals surface area contributed by atoms with Crippen LogP contribution in [0.3, 0.4) is 0 Å². The molecule has 22 heteroatoms. The molecule has 6 aliphatic heterocycles. The van der Waals surface area contributed by atoms with Gasteiger partial charge in [-0.3, -0.25) is 29.1 Å². The molecule has 6 aromatic carbocycles. The third-order valence-corrected chi connectivity index (χ3v) is 22.9. The summed E-state index contributed by atoms with van der Waals surface area (Å²) in [5.41, 5.74) is 3.80. The van der Waals surface area contributed by atoms with Gasteiger partial charge in [-0.05, 0) is 232 Å². The van der Waals surface area contributed by atoms with Crippen molar-refractivity contribution < 1.29 is 55.5 Å². The second kappa shape index (κ2) is 38.8. The molecule has 12 rings (SSSR count). The average Bonchev–Trinajstić information content (AvgIpc) is 0.788. The first-order valence-electron chi connectivity index (χ1n) is 36.2. The highest BCUT2D eigenvalue weighted by molar-refractivity contribution is 6.42. The molecule has 0 spiro atoms. The predicted molar refractivity (Wildman–Crippen MR) is 406 cm³/mol. The number of aryl methyl sites for hydroxylation is 2. The van der Waals surface area contributed by atoms with Gasteiger partial charge in [0.2, 0.25) is 0 Å². The summed E-state index contributed by atoms with van der Waals surface area (Å²) in [6, 6.07) is 38.4. The minimum atomic E-state index is -1.00. The number of carboxylic acids is 3. The first kappa shape index (κ1) is 80.0. The number of carbonyl (C=O) groups is 3. The lowest BCUT2D eigenvalue weighted by molar-refractivity contribution is -0.152. The molecule has 0 bridgehead atoms. The molecule has 6 heterocycles. The Bertz CT molecular complexity index is 3620. The number of hydrogen-bond acceptors (Lipinski definition) is 13. The summed E-state index contributed by atoms with van der Waals surface area (Å²) in [5, 5.41) is 31.9. The van der Waals surface area contributed by atoms with Gasteiger partial charge in [-0.25, -0.2) is 8.78 Å². The van der Waals surface area contributed by atoms with E-state index < -0.39 is 35.5 Å². The summed E-state index contributed by atoms with van der Waals surface area (Å²) >= 11 is 24.2. The smallest absolute Gasteiger partial charge is 0.325 e. The molecule has 0 aliphatic carbocycles. The second-order valence-electron chi connectivity index (χ2n) is 28.9. The second-order valence-corrected chi connectivity index (χ2v) is 30.5. The Hall–Kier alpha value is -6.13. The number of aliphatic carboxylic acids is 3. The van der Waals surface area contributed by atoms with E-state index in [0.29, 0.717) is 50.7 Å². The summed E-state index contributed by atoms with van der Waals surface area (Å²) in [7, 11) is 0. The van der Waals surface area contributed by atoms with E-state index in [-0.39, 0.29) is 39.0 Å². The zero-order valence-corrected chi connectivity index (χ0v) is 62.3. The molecule has 0 aromatic heterocycles. The number of carboxylic acid groups (broad SMARTS) is 3. The normalized spacial score (nSPS) is 20.5. The van der Waals surface area contributed by atoms with E-state index in [0.717, 1.165) is 215 Å². The molecular formula is C80H107Cl4F2N7O9. The van der Waals surface area contributed by atoms with Crippen LogP contribution in [0.4, 0.5) is 8.78 Å². The van der Waals surface area contributed by atoms with Crippen LogP contribution in [-0.4, -0.2) is 191 Å². The van der Waals surface area contributed by atoms with Crippen LogP contribution in [0.25, 0.3) is 0 Å². The van der Waals surface area contributed by atoms with E-state index in [1.54, 1.807) is 49.4 Å². The van der Waals surface area contributed by atoms with Crippen LogP contribution in [0.15, 0.2) is 133 Å². The van der Waals surface area contributed by atoms with Crippen LogP contribution in [0.2, 0.25) is 20.1 Å². The lowest BCUT2D eigenvalue weighted by atomic mass is 9.86. The molecule has 0 radical (unpaired) electrons. The Morgan fingerprint density at radius 2 is 0.990 bits per heavy atom. The minimum Gasteiger partial charge on any atom is -0.490 e. The van der Waals surface area contributed by atoms with Crippen molar-refractivity contribution in [3.8, 4) is 17.2 Å². The van der Waals surface area contributed by atoms with Gasteiger partial charge in [0.05, 0.1) is 20.1 Å². The van der Waals surface area contributed by atoms with Crippen molar-refractivity contribution >= 4 is 64.3 Å². The SMILES string of the molecule is Cc1cc(F)ccc1OC1CCN(CC2CCN([C@@](C)(Cc3ccc(F)cc3)C(=O)O)CC2)CC1.Cc1ccc(C[C@@H](C(=O)O)N2CCC(CN3CCC(Oc4ccc(Cl)c(Cl)c4)CC3)CC2)cc1.N.O=C(O)C(c1ccccc1)N1CCCC(CN2CCC(Oc3ccc(Cl)c(Cl)c3)CC2)C1.[HH].[HH]. The van der Waals surface area contributed by atoms with Crippen LogP contribution < -0.4 is 20.4 Å². The Morgan fingerprint density at radius 3 is 1.47 bits per heavy atom. The van der Waals surface area contributed by atoms with Crippen molar-refractivity contribution in [3.05, 3.63) is 193 Å². The van der Waals surface area contributed by atoms with E-state index in [9.17, 15) is 38.5 Å². The van der Waals surface area contributed by atoms with Crippen molar-refractivity contribution in [1.82, 2.24) is 35.6 Å². The molecule has 6 saturated heterocycles. The highest BCUT2D eigenvalue weighted by atomic mass is 35.5. The van der Waals surface area contributed by atoms with Gasteiger partial charge < -0.3 is 50.4 Å². The molecule has 0 saturated carbocycles. The molecule has 16 nitrogen and oxygen atoms in total. The number of hydrogen-bond donors (Lipinski definition) is 4. The predicted octanol–water partition coefficient (Wildman–Crippen LogP) is 16.5. The monoisotopic (exact) mass is 1490 g/mol. The maximum absolute atomic E-state index is 13.3. The maximum Gasteiger partial charge on any atom is 0.325 e. The van der Waals surface area contributed by atoms with Crippen LogP contribution in [0.5, 0.6) is 17.2 Å². The molecule has 6 aromatic rings. The first-order valence-corrected chi connectivity index (χ1v) is 37.7. The fraction of sp³-hybridized carbons (Fsp3) is 0.512. The lowest BCUT2D eigenvalue weighted by Crippen LogP contribution is -2.57. The highest BCUT2D eigenvalue weighted by Crippen LogP contribution is 2.35. The Kier molecular flexibility index (Phi) is 30.4. The quantitative estimate of drug-likeness (QED) is 0.0473. The van der Waals surface area contributed by atoms with E-state index in [2.05, 4.69) is 48.5 Å². The molecule has 6 fully saturated rings. The van der Waals surface area contributed by atoms with Crippen LogP contribution in [0, 0.1) is 43.2 Å². The summed E-state index contributed by atoms with van der Waals surface area (Å²) in [6.07, 6.45) is 13.5. The summed E-state index contributed by atoms with van der Waals surface area (Å²) in [5.74, 6) is 1.09. The Morgan fingerprint density at radius 1 is 0.510 bits per heavy atom. The van der Waals surface area contributed by atoms with Gasteiger partial charge in [0, 0.05) is 86.9 Å². The van der Waals surface area contributed by atoms with Gasteiger partial charge in [0.15, 0.2) is 0 Å². The van der Waals surface area contributed by atoms with E-state index in [1.807, 2.05) is 61.5 Å². The molecule has 6 aliphatic rings. The molecule has 6 N–H and O–H groups in total. The summed E-state index contributed by atoms with van der Waals surface area (Å²) in [6.45, 7) is 19.7. The van der Waals surface area contributed by atoms with Crippen molar-refractivity contribution in [2.24, 2.45) is 17.8 Å². The van der Waals surface area contributed by atoms with Gasteiger partial charge in [-0.2, -0.15) is 0 Å². The zero-order valence-electron chi connectivity index (χ0n) is 59.3. The van der Waals surface area contributed by atoms with Gasteiger partial charge in [0.1, 0.15) is 64.8 Å². The fourth-order valence-corrected chi connectivity index (χ4v) is 16.0. The third kappa shape index (κ3) is 23.4. The zero-order chi connectivity index (χ0) is 71.6. The molecular weight excluding hydrogens is 1380 g/mol. The molecule has 102 heavy (non-hydrogen) atoms. The third-order valence-electron chi connectivity index (χ3n) is 21.4. The number of ether oxygens (including phenoxy) is 3. The number of likely N-dealkylation sites (tertiary alicyclic amines) is 6. The summed E-state index contributed by atoms with van der Waals surface area (Å²) in [4.78, 5) is 50.2. The van der Waals surface area contributed by atoms with E-state index in [1.165, 1.54) is 29.8 Å². The van der Waals surface area contributed by atoms with Crippen LogP contribution in [0.1, 0.15) is 121 Å². The molecule has 558 valence electrons. The van der Waals surface area contributed by atoms with E-state index in [4.69, 9.17) is 60.6 Å². The van der Waals surface area contributed by atoms with Gasteiger partial charge in [0.25, 0.3) is 0 Å². The minimum absolute atomic E-state index is 0. The Balaban J connectivity index is 0.000000215. The van der Waals surface area contributed by atoms with Crippen LogP contribution in [-0.2, 0) is 27.2 Å². The summed E-state index contributed by atoms with van der Waals surface area (Å²) < 4.78 is 45.0. The van der Waals surface area contributed by atoms with E-state index >= 15 is 0 Å². The Labute approximate surface area is 624 Å². The number of nitrogens with zero attached hydrogens (tertiary/aromatic N) is 6. The van der Waals surface area contributed by atoms with Crippen molar-refractivity contribution in [3.63, 3.8) is 0 Å². The number of piperidine rings is 6. The van der Waals surface area contributed by atoms with Gasteiger partial charge >= 0.3 is 17.9 Å². The highest BCUT2D eigenvalue weighted by Gasteiger charge is 2.42. The molecule has 4 atom stereocenters. The lowest BCUT2D eigenvalue weighted by Gasteiger charge is -2.43. The standard InChI is InChI=1S/C28H36F2N2O3.C27H34Cl2N2O3.C25H30Cl2N2O3.H3N.2H2/c1-20-17-24(30)7-8-26(20)35-25-11-13-31(14-12-25)19-22-9-15-32(16-10-22)28(2,27(33)34)18-21-3-5-23(29)6-4-21;1-19-2-4-20(5-3-19)16-26(27(32)33)31-14-8-21(9-15-31)18-30-12-10-22(11-13-30)34-23-6-7-24(28)25(29)17-23;26-22-9-8-21(15-23(22)27)32-20-10-13-28(14-11-20)16-18-5-4-12-29(17-18)24(25(30)31)19-6-2-1-3-7-19;;;/h3-8,17,22,25H,9-16,18-19H2,1-2H3,(H,33,34);2-7,17,21-22,26H,8-16,18H2,1H3,(H,32,33);1-3,6-9,15,18,20,24H,4-5,10-14,16-17H2,(H,30,31);1H3;2*1H/t28-;26-;;;;/m00..../s1. The first-order chi connectivity index (χ1) is 48.6. The van der Waals surface area contributed by atoms with Crippen molar-refractivity contribution in [2.75, 3.05) is 98.2 Å². The molecule has 0 amide bonds. The van der Waals surface area contributed by atoms with Crippen molar-refractivity contribution in [1.29, 1.82) is 0 Å². The molecule has 2 unspecified atom stereocenters. The van der Waals surface area contributed by atoms with Crippen LogP contribution >= 0.6 is 46.4 Å².